The Morgan fingerprint density at radius 2 is 1.55 bits per heavy atom. The average Bonchev–Trinajstić information content (AvgIpc) is 3.75. The third kappa shape index (κ3) is 13.2. The Bertz CT molecular complexity index is 1750. The fourth-order valence-corrected chi connectivity index (χ4v) is 7.61. The van der Waals surface area contributed by atoms with E-state index in [9.17, 15) is 30.2 Å². The first-order valence-corrected chi connectivity index (χ1v) is 21.5. The van der Waals surface area contributed by atoms with Crippen molar-refractivity contribution in [2.24, 2.45) is 0 Å². The second-order valence-corrected chi connectivity index (χ2v) is 15.9. The number of aromatic nitrogens is 3. The number of aliphatic hydroxyl groups excluding tert-OH is 2. The van der Waals surface area contributed by atoms with E-state index in [-0.39, 0.29) is 23.6 Å². The first kappa shape index (κ1) is 45.1. The summed E-state index contributed by atoms with van der Waals surface area (Å²) in [5.74, 6) is 0.203. The van der Waals surface area contributed by atoms with E-state index in [1.165, 1.54) is 119 Å². The molecule has 16 heteroatoms. The summed E-state index contributed by atoms with van der Waals surface area (Å²) in [5.41, 5.74) is 5.01. The van der Waals surface area contributed by atoms with Crippen molar-refractivity contribution in [1.82, 2.24) is 14.6 Å². The van der Waals surface area contributed by atoms with E-state index in [4.69, 9.17) is 29.0 Å². The predicted molar refractivity (Wildman–Crippen MR) is 209 cm³/mol. The van der Waals surface area contributed by atoms with Crippen LogP contribution in [0.4, 0.5) is 5.69 Å². The van der Waals surface area contributed by atoms with Gasteiger partial charge in [0.15, 0.2) is 0 Å². The van der Waals surface area contributed by atoms with Crippen LogP contribution in [-0.4, -0.2) is 80.5 Å². The molecule has 1 aliphatic heterocycles. The molecule has 3 aromatic rings. The summed E-state index contributed by atoms with van der Waals surface area (Å²) < 4.78 is 42.4. The minimum atomic E-state index is -4.81. The summed E-state index contributed by atoms with van der Waals surface area (Å²) in [7, 11) is -4.81. The molecule has 56 heavy (non-hydrogen) atoms. The van der Waals surface area contributed by atoms with E-state index in [1.807, 2.05) is 12.1 Å². The Balaban J connectivity index is 1.19. The maximum absolute atomic E-state index is 13.0. The number of nitrogens with two attached hydrogens (primary N) is 1. The number of unbranched alkanes of at least 4 members (excludes halogenated alkanes) is 15. The van der Waals surface area contributed by atoms with Crippen LogP contribution >= 0.6 is 7.82 Å². The molecule has 15 nitrogen and oxygen atoms in total. The number of nitrogens with zero attached hydrogens (tertiary/aromatic N) is 5. The summed E-state index contributed by atoms with van der Waals surface area (Å²) in [6.07, 6.45) is 18.7. The third-order valence-electron chi connectivity index (χ3n) is 10.1. The predicted octanol–water partition coefficient (Wildman–Crippen LogP) is 6.88. The third-order valence-corrected chi connectivity index (χ3v) is 11.0. The summed E-state index contributed by atoms with van der Waals surface area (Å²) in [6, 6.07) is 10.1. The Morgan fingerprint density at radius 1 is 0.911 bits per heavy atom. The molecule has 1 fully saturated rings. The number of hydrogen-bond donors (Lipinski definition) is 4. The fraction of sp³-hybridized carbons (Fsp3) is 0.650. The summed E-state index contributed by atoms with van der Waals surface area (Å²) >= 11 is 0. The monoisotopic (exact) mass is 798 g/mol. The van der Waals surface area contributed by atoms with Gasteiger partial charge in [-0.2, -0.15) is 15.6 Å². The van der Waals surface area contributed by atoms with Crippen LogP contribution in [0.1, 0.15) is 121 Å². The molecule has 0 bridgehead atoms. The van der Waals surface area contributed by atoms with Crippen molar-refractivity contribution >= 4 is 19.0 Å². The van der Waals surface area contributed by atoms with E-state index >= 15 is 0 Å². The number of ether oxygens (including phenoxy) is 3. The molecule has 6 atom stereocenters. The SMILES string of the molecule is CCCCCCCCCCCCCCCCCCOC[C@H](COP(=O)(O)OC[C@H]1O[C@@](C#N)(c2ccc3c(N)ccnn23)[C@H](O)[C@@H]1O)Oc1ccncc1C#N. The van der Waals surface area contributed by atoms with Crippen molar-refractivity contribution in [1.29, 1.82) is 10.5 Å². The normalized spacial score (nSPS) is 21.1. The Hall–Kier alpha value is -3.63. The Kier molecular flexibility index (Phi) is 19.0. The number of anilines is 1. The van der Waals surface area contributed by atoms with Gasteiger partial charge < -0.3 is 35.1 Å². The topological polar surface area (TPSA) is 228 Å². The Morgan fingerprint density at radius 3 is 2.18 bits per heavy atom. The van der Waals surface area contributed by atoms with Gasteiger partial charge in [0, 0.05) is 25.2 Å². The summed E-state index contributed by atoms with van der Waals surface area (Å²) in [5, 5.41) is 45.6. The number of nitriles is 2. The number of rotatable bonds is 28. The van der Waals surface area contributed by atoms with Crippen LogP contribution in [0, 0.1) is 22.7 Å². The number of phosphoric ester groups is 1. The molecule has 5 N–H and O–H groups in total. The van der Waals surface area contributed by atoms with Crippen LogP contribution in [0.5, 0.6) is 5.75 Å². The van der Waals surface area contributed by atoms with E-state index in [1.54, 1.807) is 12.1 Å². The molecule has 3 aromatic heterocycles. The van der Waals surface area contributed by atoms with Gasteiger partial charge in [-0.05, 0) is 30.7 Å². The van der Waals surface area contributed by atoms with Crippen molar-refractivity contribution in [3.05, 3.63) is 54.1 Å². The second kappa shape index (κ2) is 23.6. The minimum Gasteiger partial charge on any atom is -0.484 e. The lowest BCUT2D eigenvalue weighted by atomic mass is 9.92. The fourth-order valence-electron chi connectivity index (χ4n) is 6.85. The van der Waals surface area contributed by atoms with Gasteiger partial charge in [-0.25, -0.2) is 9.08 Å². The van der Waals surface area contributed by atoms with Crippen LogP contribution < -0.4 is 10.5 Å². The quantitative estimate of drug-likeness (QED) is 0.0434. The average molecular weight is 799 g/mol. The molecule has 0 aromatic carbocycles. The van der Waals surface area contributed by atoms with Crippen molar-refractivity contribution in [3.63, 3.8) is 0 Å². The highest BCUT2D eigenvalue weighted by atomic mass is 31.2. The van der Waals surface area contributed by atoms with Crippen LogP contribution in [0.2, 0.25) is 0 Å². The van der Waals surface area contributed by atoms with Crippen LogP contribution in [0.25, 0.3) is 5.52 Å². The molecule has 0 amide bonds. The zero-order chi connectivity index (χ0) is 40.2. The molecule has 0 saturated carbocycles. The number of phosphoric acid groups is 1. The highest BCUT2D eigenvalue weighted by molar-refractivity contribution is 7.47. The van der Waals surface area contributed by atoms with E-state index in [0.717, 1.165) is 19.3 Å². The molecular formula is C40H59N6O9P. The largest absolute Gasteiger partial charge is 0.484 e. The highest BCUT2D eigenvalue weighted by Gasteiger charge is 2.58. The van der Waals surface area contributed by atoms with E-state index in [0.29, 0.717) is 17.8 Å². The number of pyridine rings is 1. The van der Waals surface area contributed by atoms with E-state index in [2.05, 4.69) is 17.0 Å². The molecule has 0 spiro atoms. The van der Waals surface area contributed by atoms with Crippen LogP contribution in [-0.2, 0) is 28.7 Å². The Labute approximate surface area is 330 Å². The number of nitrogen functional groups attached to an aromatic ring is 1. The van der Waals surface area contributed by atoms with Crippen molar-refractivity contribution < 1.29 is 42.9 Å². The number of fused-ring (bicyclic) bond motifs is 1. The maximum atomic E-state index is 13.0. The smallest absolute Gasteiger partial charge is 0.472 e. The van der Waals surface area contributed by atoms with Gasteiger partial charge in [-0.3, -0.25) is 14.0 Å². The first-order chi connectivity index (χ1) is 27.2. The highest BCUT2D eigenvalue weighted by Crippen LogP contribution is 2.46. The molecule has 1 aliphatic rings. The van der Waals surface area contributed by atoms with Crippen molar-refractivity contribution in [3.8, 4) is 17.9 Å². The van der Waals surface area contributed by atoms with Gasteiger partial charge in [0.25, 0.3) is 0 Å². The van der Waals surface area contributed by atoms with Gasteiger partial charge in [0.1, 0.15) is 47.9 Å². The minimum absolute atomic E-state index is 0.00289. The van der Waals surface area contributed by atoms with Crippen LogP contribution in [0.15, 0.2) is 42.9 Å². The van der Waals surface area contributed by atoms with Gasteiger partial charge >= 0.3 is 7.82 Å². The molecule has 0 aliphatic carbocycles. The van der Waals surface area contributed by atoms with Gasteiger partial charge in [-0.15, -0.1) is 0 Å². The van der Waals surface area contributed by atoms with Crippen molar-refractivity contribution in [2.75, 3.05) is 32.2 Å². The summed E-state index contributed by atoms with van der Waals surface area (Å²) in [4.78, 5) is 14.5. The lowest BCUT2D eigenvalue weighted by Crippen LogP contribution is -2.41. The zero-order valence-corrected chi connectivity index (χ0v) is 33.4. The lowest BCUT2D eigenvalue weighted by Gasteiger charge is -2.24. The molecule has 1 saturated heterocycles. The van der Waals surface area contributed by atoms with Gasteiger partial charge in [0.2, 0.25) is 5.60 Å². The zero-order valence-electron chi connectivity index (χ0n) is 32.5. The molecule has 308 valence electrons. The van der Waals surface area contributed by atoms with Gasteiger partial charge in [-0.1, -0.05) is 103 Å². The maximum Gasteiger partial charge on any atom is 0.472 e. The molecule has 0 radical (unpaired) electrons. The molecular weight excluding hydrogens is 739 g/mol. The summed E-state index contributed by atoms with van der Waals surface area (Å²) in [6.45, 7) is 1.54. The van der Waals surface area contributed by atoms with Gasteiger partial charge in [0.05, 0.1) is 36.7 Å². The number of aliphatic hydroxyl groups is 2. The standard InChI is InChI=1S/C40H59N6O9P/c1-2-3-4-5-6-7-8-9-10-11-12-13-14-15-16-17-24-51-27-32(54-35-21-22-44-26-31(35)25-41)28-52-56(49,50)53-29-36-38(47)39(48)40(30-42,55-36)37-19-18-34-33(43)20-23-45-46(34)37/h18-23,26,32,36,38-39,47-48H,2-17,24,27-29,43H2,1H3,(H,49,50)/t32-,36-,38-,39-,40+/m1/s1. The molecule has 4 heterocycles. The van der Waals surface area contributed by atoms with Crippen molar-refractivity contribution in [2.45, 2.75) is 140 Å². The lowest BCUT2D eigenvalue weighted by molar-refractivity contribution is -0.0651. The van der Waals surface area contributed by atoms with Crippen LogP contribution in [0.3, 0.4) is 0 Å². The number of hydrogen-bond acceptors (Lipinski definition) is 13. The second-order valence-electron chi connectivity index (χ2n) is 14.4. The molecule has 1 unspecified atom stereocenters. The first-order valence-electron chi connectivity index (χ1n) is 20.0. The molecule has 4 rings (SSSR count). The van der Waals surface area contributed by atoms with E-state index < -0.39 is 51.1 Å².